The van der Waals surface area contributed by atoms with Crippen molar-refractivity contribution in [2.24, 2.45) is 0 Å². The van der Waals surface area contributed by atoms with Crippen molar-refractivity contribution in [2.75, 3.05) is 7.11 Å². The second-order valence-corrected chi connectivity index (χ2v) is 4.89. The molecule has 0 atom stereocenters. The first kappa shape index (κ1) is 9.99. The Bertz CT molecular complexity index is 462. The molecule has 0 N–H and O–H groups in total. The van der Waals surface area contributed by atoms with Crippen LogP contribution >= 0.6 is 27.3 Å². The molecule has 0 aliphatic rings. The first-order valence-electron chi connectivity index (χ1n) is 4.50. The molecule has 0 aliphatic carbocycles. The third-order valence-electron chi connectivity index (χ3n) is 2.28. The van der Waals surface area contributed by atoms with Gasteiger partial charge in [-0.15, -0.1) is 11.3 Å². The Morgan fingerprint density at radius 2 is 2.21 bits per heavy atom. The summed E-state index contributed by atoms with van der Waals surface area (Å²) in [5, 5.41) is 3.28. The molecular formula is C11H11BrOS. The zero-order valence-corrected chi connectivity index (χ0v) is 10.5. The number of ether oxygens (including phenoxy) is 1. The van der Waals surface area contributed by atoms with Crippen LogP contribution < -0.4 is 4.74 Å². The van der Waals surface area contributed by atoms with Crippen molar-refractivity contribution in [3.05, 3.63) is 27.5 Å². The lowest BCUT2D eigenvalue weighted by molar-refractivity contribution is 0.421. The fraction of sp³-hybridized carbons (Fsp3) is 0.273. The molecule has 0 radical (unpaired) electrons. The topological polar surface area (TPSA) is 9.23 Å². The predicted molar refractivity (Wildman–Crippen MR) is 65.5 cm³/mol. The minimum absolute atomic E-state index is 0.973. The maximum atomic E-state index is 5.31. The second-order valence-electron chi connectivity index (χ2n) is 3.10. The Morgan fingerprint density at radius 3 is 2.86 bits per heavy atom. The molecular weight excluding hydrogens is 260 g/mol. The minimum atomic E-state index is 0.973. The van der Waals surface area contributed by atoms with Crippen molar-refractivity contribution in [1.29, 1.82) is 0 Å². The molecule has 0 fully saturated rings. The molecule has 74 valence electrons. The van der Waals surface area contributed by atoms with Gasteiger partial charge in [-0.05, 0) is 24.1 Å². The van der Waals surface area contributed by atoms with Gasteiger partial charge in [0.15, 0.2) is 0 Å². The van der Waals surface area contributed by atoms with Gasteiger partial charge < -0.3 is 4.74 Å². The Morgan fingerprint density at radius 1 is 1.43 bits per heavy atom. The van der Waals surface area contributed by atoms with E-state index in [1.165, 1.54) is 15.6 Å². The molecule has 1 aromatic heterocycles. The van der Waals surface area contributed by atoms with Crippen molar-refractivity contribution in [1.82, 2.24) is 0 Å². The van der Waals surface area contributed by atoms with E-state index in [2.05, 4.69) is 40.4 Å². The SMILES string of the molecule is CCc1cc(Br)cc2c(OC)csc12. The van der Waals surface area contributed by atoms with Crippen LogP contribution in [0.2, 0.25) is 0 Å². The van der Waals surface area contributed by atoms with E-state index in [0.29, 0.717) is 0 Å². The number of fused-ring (bicyclic) bond motifs is 1. The van der Waals surface area contributed by atoms with E-state index in [-0.39, 0.29) is 0 Å². The zero-order valence-electron chi connectivity index (χ0n) is 8.13. The van der Waals surface area contributed by atoms with E-state index in [9.17, 15) is 0 Å². The molecule has 2 rings (SSSR count). The molecule has 1 nitrogen and oxygen atoms in total. The normalized spacial score (nSPS) is 10.8. The number of rotatable bonds is 2. The third kappa shape index (κ3) is 1.55. The molecule has 2 aromatic rings. The summed E-state index contributed by atoms with van der Waals surface area (Å²) < 4.78 is 7.78. The highest BCUT2D eigenvalue weighted by Crippen LogP contribution is 2.36. The smallest absolute Gasteiger partial charge is 0.137 e. The highest BCUT2D eigenvalue weighted by molar-refractivity contribution is 9.10. The fourth-order valence-electron chi connectivity index (χ4n) is 1.57. The number of aryl methyl sites for hydroxylation is 1. The molecule has 1 heterocycles. The minimum Gasteiger partial charge on any atom is -0.495 e. The van der Waals surface area contributed by atoms with Gasteiger partial charge in [-0.1, -0.05) is 22.9 Å². The standard InChI is InChI=1S/C11H11BrOS/c1-3-7-4-8(12)5-9-10(13-2)6-14-11(7)9/h4-6H,3H2,1-2H3. The van der Waals surface area contributed by atoms with Gasteiger partial charge in [-0.25, -0.2) is 0 Å². The molecule has 0 bridgehead atoms. The summed E-state index contributed by atoms with van der Waals surface area (Å²) in [6.45, 7) is 2.17. The van der Waals surface area contributed by atoms with Crippen molar-refractivity contribution in [3.63, 3.8) is 0 Å². The quantitative estimate of drug-likeness (QED) is 0.794. The van der Waals surface area contributed by atoms with Crippen LogP contribution in [0.3, 0.4) is 0 Å². The van der Waals surface area contributed by atoms with E-state index in [0.717, 1.165) is 16.6 Å². The highest BCUT2D eigenvalue weighted by Gasteiger charge is 2.08. The lowest BCUT2D eigenvalue weighted by Crippen LogP contribution is -1.83. The van der Waals surface area contributed by atoms with Gasteiger partial charge in [0.1, 0.15) is 5.75 Å². The predicted octanol–water partition coefficient (Wildman–Crippen LogP) is 4.23. The number of hydrogen-bond acceptors (Lipinski definition) is 2. The summed E-state index contributed by atoms with van der Waals surface area (Å²) in [6, 6.07) is 4.29. The summed E-state index contributed by atoms with van der Waals surface area (Å²) in [5.41, 5.74) is 1.38. The van der Waals surface area contributed by atoms with Gasteiger partial charge in [-0.3, -0.25) is 0 Å². The Kier molecular flexibility index (Phi) is 2.79. The first-order chi connectivity index (χ1) is 6.76. The van der Waals surface area contributed by atoms with Crippen LogP contribution in [-0.4, -0.2) is 7.11 Å². The monoisotopic (exact) mass is 270 g/mol. The number of halogens is 1. The average Bonchev–Trinajstić information content (AvgIpc) is 2.59. The van der Waals surface area contributed by atoms with Crippen LogP contribution in [0.1, 0.15) is 12.5 Å². The van der Waals surface area contributed by atoms with E-state index in [1.807, 2.05) is 0 Å². The molecule has 1 aromatic carbocycles. The van der Waals surface area contributed by atoms with Crippen LogP contribution in [-0.2, 0) is 6.42 Å². The third-order valence-corrected chi connectivity index (χ3v) is 3.79. The Labute approximate surface area is 95.8 Å². The largest absolute Gasteiger partial charge is 0.495 e. The van der Waals surface area contributed by atoms with Gasteiger partial charge in [0.25, 0.3) is 0 Å². The van der Waals surface area contributed by atoms with Crippen molar-refractivity contribution in [3.8, 4) is 5.75 Å². The second kappa shape index (κ2) is 3.91. The number of methoxy groups -OCH3 is 1. The molecule has 3 heteroatoms. The fourth-order valence-corrected chi connectivity index (χ4v) is 3.16. The lowest BCUT2D eigenvalue weighted by Gasteiger charge is -2.02. The number of hydrogen-bond donors (Lipinski definition) is 0. The van der Waals surface area contributed by atoms with Crippen molar-refractivity contribution >= 4 is 37.4 Å². The van der Waals surface area contributed by atoms with Gasteiger partial charge in [0.2, 0.25) is 0 Å². The summed E-state index contributed by atoms with van der Waals surface area (Å²) in [6.07, 6.45) is 1.06. The van der Waals surface area contributed by atoms with Crippen molar-refractivity contribution in [2.45, 2.75) is 13.3 Å². The van der Waals surface area contributed by atoms with E-state index < -0.39 is 0 Å². The molecule has 0 saturated carbocycles. The van der Waals surface area contributed by atoms with Crippen LogP contribution in [0.4, 0.5) is 0 Å². The van der Waals surface area contributed by atoms with E-state index in [1.54, 1.807) is 18.4 Å². The molecule has 14 heavy (non-hydrogen) atoms. The molecule has 0 aliphatic heterocycles. The number of benzene rings is 1. The zero-order chi connectivity index (χ0) is 10.1. The molecule has 0 amide bonds. The summed E-state index contributed by atoms with van der Waals surface area (Å²) in [7, 11) is 1.72. The highest BCUT2D eigenvalue weighted by atomic mass is 79.9. The maximum absolute atomic E-state index is 5.31. The average molecular weight is 271 g/mol. The summed E-state index contributed by atoms with van der Waals surface area (Å²) in [5.74, 6) is 0.973. The molecule has 0 unspecified atom stereocenters. The summed E-state index contributed by atoms with van der Waals surface area (Å²) in [4.78, 5) is 0. The Balaban J connectivity index is 2.76. The van der Waals surface area contributed by atoms with Gasteiger partial charge in [-0.2, -0.15) is 0 Å². The van der Waals surface area contributed by atoms with Crippen LogP contribution in [0.15, 0.2) is 22.0 Å². The van der Waals surface area contributed by atoms with Crippen LogP contribution in [0.5, 0.6) is 5.75 Å². The maximum Gasteiger partial charge on any atom is 0.137 e. The van der Waals surface area contributed by atoms with Crippen LogP contribution in [0.25, 0.3) is 10.1 Å². The first-order valence-corrected chi connectivity index (χ1v) is 6.17. The lowest BCUT2D eigenvalue weighted by atomic mass is 10.1. The Hall–Kier alpha value is -0.540. The van der Waals surface area contributed by atoms with E-state index in [4.69, 9.17) is 4.74 Å². The van der Waals surface area contributed by atoms with Crippen molar-refractivity contribution < 1.29 is 4.74 Å². The molecule has 0 spiro atoms. The van der Waals surface area contributed by atoms with Crippen LogP contribution in [0, 0.1) is 0 Å². The number of thiophene rings is 1. The summed E-state index contributed by atoms with van der Waals surface area (Å²) >= 11 is 5.27. The van der Waals surface area contributed by atoms with Gasteiger partial charge in [0.05, 0.1) is 7.11 Å². The van der Waals surface area contributed by atoms with Gasteiger partial charge in [0, 0.05) is 19.9 Å². The van der Waals surface area contributed by atoms with Gasteiger partial charge >= 0.3 is 0 Å². The molecule has 0 saturated heterocycles. The van der Waals surface area contributed by atoms with E-state index >= 15 is 0 Å².